The first-order valence-electron chi connectivity index (χ1n) is 7.13. The van der Waals surface area contributed by atoms with E-state index in [-0.39, 0.29) is 6.04 Å². The van der Waals surface area contributed by atoms with Gasteiger partial charge in [0.1, 0.15) is 5.82 Å². The minimum atomic E-state index is -0.0215. The van der Waals surface area contributed by atoms with Crippen LogP contribution in [0.3, 0.4) is 0 Å². The number of hydrogen-bond acceptors (Lipinski definition) is 3. The van der Waals surface area contributed by atoms with E-state index in [1.807, 2.05) is 6.07 Å². The molecule has 5 heteroatoms. The van der Waals surface area contributed by atoms with Gasteiger partial charge < -0.3 is 10.3 Å². The molecule has 0 bridgehead atoms. The van der Waals surface area contributed by atoms with E-state index in [1.54, 1.807) is 11.3 Å². The normalized spacial score (nSPS) is 12.9. The van der Waals surface area contributed by atoms with Crippen LogP contribution in [0.25, 0.3) is 11.0 Å². The number of para-hydroxylation sites is 2. The van der Waals surface area contributed by atoms with Crippen molar-refractivity contribution >= 4 is 38.3 Å². The Kier molecular flexibility index (Phi) is 4.42. The lowest BCUT2D eigenvalue weighted by molar-refractivity contribution is 0.613. The molecule has 0 fully saturated rings. The number of fused-ring (bicyclic) bond motifs is 1. The molecule has 3 aromatic rings. The molecule has 3 rings (SSSR count). The number of thiophene rings is 1. The molecule has 2 heterocycles. The number of hydrogen-bond donors (Lipinski definition) is 1. The minimum absolute atomic E-state index is 0.0215. The molecule has 3 nitrogen and oxygen atoms in total. The fraction of sp³-hybridized carbons (Fsp3) is 0.312. The fourth-order valence-electron chi connectivity index (χ4n) is 2.61. The molecule has 1 aromatic carbocycles. The van der Waals surface area contributed by atoms with Gasteiger partial charge in [-0.25, -0.2) is 4.98 Å². The van der Waals surface area contributed by atoms with Crippen molar-refractivity contribution in [2.24, 2.45) is 5.73 Å². The van der Waals surface area contributed by atoms with Gasteiger partial charge in [0, 0.05) is 28.4 Å². The van der Waals surface area contributed by atoms with Gasteiger partial charge in [0.15, 0.2) is 0 Å². The van der Waals surface area contributed by atoms with E-state index in [9.17, 15) is 0 Å². The van der Waals surface area contributed by atoms with Crippen LogP contribution in [0.2, 0.25) is 0 Å². The van der Waals surface area contributed by atoms with Crippen LogP contribution in [0.5, 0.6) is 0 Å². The van der Waals surface area contributed by atoms with Crippen LogP contribution in [0, 0.1) is 0 Å². The zero-order valence-electron chi connectivity index (χ0n) is 11.9. The summed E-state index contributed by atoms with van der Waals surface area (Å²) < 4.78 is 3.40. The highest BCUT2D eigenvalue weighted by Crippen LogP contribution is 2.30. The van der Waals surface area contributed by atoms with E-state index < -0.39 is 0 Å². The minimum Gasteiger partial charge on any atom is -0.328 e. The van der Waals surface area contributed by atoms with Crippen molar-refractivity contribution in [3.8, 4) is 0 Å². The summed E-state index contributed by atoms with van der Waals surface area (Å²) in [7, 11) is 0. The number of aryl methyl sites for hydroxylation is 1. The van der Waals surface area contributed by atoms with Crippen molar-refractivity contribution in [3.63, 3.8) is 0 Å². The van der Waals surface area contributed by atoms with Gasteiger partial charge >= 0.3 is 0 Å². The number of nitrogens with zero attached hydrogens (tertiary/aromatic N) is 2. The molecule has 0 spiro atoms. The molecule has 2 aromatic heterocycles. The Balaban J connectivity index is 1.96. The lowest BCUT2D eigenvalue weighted by atomic mass is 10.2. The Morgan fingerprint density at radius 1 is 1.33 bits per heavy atom. The van der Waals surface area contributed by atoms with Gasteiger partial charge in [-0.05, 0) is 45.9 Å². The van der Waals surface area contributed by atoms with Crippen molar-refractivity contribution in [3.05, 3.63) is 50.9 Å². The zero-order chi connectivity index (χ0) is 14.8. The molecule has 0 aliphatic carbocycles. The maximum Gasteiger partial charge on any atom is 0.111 e. The monoisotopic (exact) mass is 363 g/mol. The maximum absolute atomic E-state index is 6.39. The summed E-state index contributed by atoms with van der Waals surface area (Å²) >= 11 is 5.26. The largest absolute Gasteiger partial charge is 0.328 e. The van der Waals surface area contributed by atoms with Gasteiger partial charge in [-0.3, -0.25) is 0 Å². The van der Waals surface area contributed by atoms with Crippen LogP contribution in [0.4, 0.5) is 0 Å². The molecule has 110 valence electrons. The first-order valence-corrected chi connectivity index (χ1v) is 8.80. The van der Waals surface area contributed by atoms with E-state index in [1.165, 1.54) is 10.4 Å². The molecule has 0 aliphatic rings. The average molecular weight is 364 g/mol. The summed E-state index contributed by atoms with van der Waals surface area (Å²) in [4.78, 5) is 5.97. The average Bonchev–Trinajstić information content (AvgIpc) is 3.04. The van der Waals surface area contributed by atoms with Gasteiger partial charge in [0.05, 0.1) is 11.0 Å². The lowest BCUT2D eigenvalue weighted by Gasteiger charge is -2.12. The summed E-state index contributed by atoms with van der Waals surface area (Å²) in [6.45, 7) is 3.17. The maximum atomic E-state index is 6.39. The molecule has 1 atom stereocenters. The van der Waals surface area contributed by atoms with Crippen LogP contribution in [-0.4, -0.2) is 9.55 Å². The highest BCUT2D eigenvalue weighted by Gasteiger charge is 2.17. The Hall–Kier alpha value is -1.17. The second-order valence-corrected chi connectivity index (χ2v) is 6.91. The SMILES string of the molecule is CCCn1c(CC(N)c2sccc2Br)nc2ccccc21. The van der Waals surface area contributed by atoms with E-state index in [2.05, 4.69) is 57.1 Å². The third-order valence-electron chi connectivity index (χ3n) is 3.56. The molecule has 2 N–H and O–H groups in total. The second-order valence-electron chi connectivity index (χ2n) is 5.11. The highest BCUT2D eigenvalue weighted by atomic mass is 79.9. The van der Waals surface area contributed by atoms with E-state index in [4.69, 9.17) is 10.7 Å². The van der Waals surface area contributed by atoms with E-state index in [0.717, 1.165) is 35.2 Å². The number of nitrogens with two attached hydrogens (primary N) is 1. The third-order valence-corrected chi connectivity index (χ3v) is 5.57. The Bertz CT molecular complexity index is 747. The Labute approximate surface area is 136 Å². The van der Waals surface area contributed by atoms with Crippen molar-refractivity contribution in [2.45, 2.75) is 32.4 Å². The summed E-state index contributed by atoms with van der Waals surface area (Å²) in [5.41, 5.74) is 8.64. The van der Waals surface area contributed by atoms with E-state index in [0.29, 0.717) is 0 Å². The van der Waals surface area contributed by atoms with Crippen LogP contribution >= 0.6 is 27.3 Å². The molecule has 0 saturated carbocycles. The van der Waals surface area contributed by atoms with Crippen molar-refractivity contribution < 1.29 is 0 Å². The third kappa shape index (κ3) is 2.91. The Morgan fingerprint density at radius 2 is 2.14 bits per heavy atom. The highest BCUT2D eigenvalue weighted by molar-refractivity contribution is 9.10. The molecule has 0 aliphatic heterocycles. The van der Waals surface area contributed by atoms with E-state index >= 15 is 0 Å². The van der Waals surface area contributed by atoms with Crippen LogP contribution in [0.15, 0.2) is 40.2 Å². The molecular formula is C16H18BrN3S. The van der Waals surface area contributed by atoms with Crippen LogP contribution in [0.1, 0.15) is 30.1 Å². The number of imidazole rings is 1. The number of rotatable bonds is 5. The first-order chi connectivity index (χ1) is 10.2. The first kappa shape index (κ1) is 14.8. The number of halogens is 1. The van der Waals surface area contributed by atoms with Crippen molar-refractivity contribution in [1.82, 2.24) is 9.55 Å². The predicted molar refractivity (Wildman–Crippen MR) is 92.7 cm³/mol. The van der Waals surface area contributed by atoms with Gasteiger partial charge in [0.2, 0.25) is 0 Å². The second kappa shape index (κ2) is 6.30. The summed E-state index contributed by atoms with van der Waals surface area (Å²) in [6.07, 6.45) is 1.85. The van der Waals surface area contributed by atoms with Gasteiger partial charge in [-0.15, -0.1) is 11.3 Å². The number of benzene rings is 1. The molecule has 0 radical (unpaired) electrons. The Morgan fingerprint density at radius 3 is 2.86 bits per heavy atom. The van der Waals surface area contributed by atoms with Gasteiger partial charge in [0.25, 0.3) is 0 Å². The van der Waals surface area contributed by atoms with Gasteiger partial charge in [-0.2, -0.15) is 0 Å². The van der Waals surface area contributed by atoms with Crippen LogP contribution in [-0.2, 0) is 13.0 Å². The topological polar surface area (TPSA) is 43.8 Å². The molecular weight excluding hydrogens is 346 g/mol. The quantitative estimate of drug-likeness (QED) is 0.724. The summed E-state index contributed by atoms with van der Waals surface area (Å²) in [5, 5.41) is 2.06. The molecule has 21 heavy (non-hydrogen) atoms. The lowest BCUT2D eigenvalue weighted by Crippen LogP contribution is -2.16. The molecule has 0 amide bonds. The smallest absolute Gasteiger partial charge is 0.111 e. The van der Waals surface area contributed by atoms with Gasteiger partial charge in [-0.1, -0.05) is 19.1 Å². The zero-order valence-corrected chi connectivity index (χ0v) is 14.3. The summed E-state index contributed by atoms with van der Waals surface area (Å²) in [6, 6.07) is 10.3. The summed E-state index contributed by atoms with van der Waals surface area (Å²) in [5.74, 6) is 1.07. The molecule has 0 saturated heterocycles. The predicted octanol–water partition coefficient (Wildman–Crippen LogP) is 4.51. The molecule has 1 unspecified atom stereocenters. The van der Waals surface area contributed by atoms with Crippen molar-refractivity contribution in [2.75, 3.05) is 0 Å². The van der Waals surface area contributed by atoms with Crippen LogP contribution < -0.4 is 5.73 Å². The number of aromatic nitrogens is 2. The standard InChI is InChI=1S/C16H18BrN3S/c1-2-8-20-14-6-4-3-5-13(14)19-15(20)10-12(18)16-11(17)7-9-21-16/h3-7,9,12H,2,8,10,18H2,1H3. The van der Waals surface area contributed by atoms with Crippen molar-refractivity contribution in [1.29, 1.82) is 0 Å². The fourth-order valence-corrected chi connectivity index (χ4v) is 4.28.